The van der Waals surface area contributed by atoms with Crippen molar-refractivity contribution in [1.82, 2.24) is 0 Å². The van der Waals surface area contributed by atoms with Crippen LogP contribution in [0.4, 0.5) is 8.78 Å². The second kappa shape index (κ2) is 6.66. The number of rotatable bonds is 6. The maximum Gasteiger partial charge on any atom is 0.144 e. The maximum atomic E-state index is 12.6. The standard InChI is InChI=1S/C8H16F2OS/c1-3-7(9)5-12(11)6-8(10)4-2/h7-8H,3-6H2,1-2H3. The predicted molar refractivity (Wildman–Crippen MR) is 48.3 cm³/mol. The highest BCUT2D eigenvalue weighted by Gasteiger charge is 2.18. The first kappa shape index (κ1) is 12.2. The van der Waals surface area contributed by atoms with Gasteiger partial charge in [0.05, 0.1) is 0 Å². The Bertz CT molecular complexity index is 101. The Kier molecular flexibility index (Phi) is 6.76. The van der Waals surface area contributed by atoms with Crippen LogP contribution < -0.4 is 0 Å². The third kappa shape index (κ3) is 5.77. The molecule has 0 bridgehead atoms. The highest BCUT2D eigenvalue weighted by Crippen LogP contribution is 2.07. The zero-order valence-electron chi connectivity index (χ0n) is 7.56. The lowest BCUT2D eigenvalue weighted by Crippen LogP contribution is -2.24. The van der Waals surface area contributed by atoms with Crippen LogP contribution in [0.3, 0.4) is 0 Å². The molecule has 0 aliphatic heterocycles. The summed E-state index contributed by atoms with van der Waals surface area (Å²) in [6.07, 6.45) is -1.38. The van der Waals surface area contributed by atoms with Crippen LogP contribution in [-0.2, 0) is 11.2 Å². The van der Waals surface area contributed by atoms with Crippen LogP contribution in [0.5, 0.6) is 0 Å². The normalized spacial score (nSPS) is 18.8. The first-order valence-electron chi connectivity index (χ1n) is 4.23. The summed E-state index contributed by atoms with van der Waals surface area (Å²) in [5, 5.41) is 0. The van der Waals surface area contributed by atoms with E-state index in [2.05, 4.69) is 0 Å². The van der Waals surface area contributed by atoms with E-state index in [1.165, 1.54) is 0 Å². The van der Waals surface area contributed by atoms with E-state index in [4.69, 9.17) is 0 Å². The van der Waals surface area contributed by atoms with Gasteiger partial charge in [0, 0.05) is 0 Å². The molecule has 0 heterocycles. The van der Waals surface area contributed by atoms with Crippen molar-refractivity contribution in [2.75, 3.05) is 11.5 Å². The fraction of sp³-hybridized carbons (Fsp3) is 1.00. The highest BCUT2D eigenvalue weighted by molar-refractivity contribution is 7.91. The molecule has 0 N–H and O–H groups in total. The van der Waals surface area contributed by atoms with Gasteiger partial charge < -0.3 is 4.55 Å². The van der Waals surface area contributed by atoms with Gasteiger partial charge in [-0.2, -0.15) is 0 Å². The fourth-order valence-corrected chi connectivity index (χ4v) is 2.12. The molecule has 4 heteroatoms. The lowest BCUT2D eigenvalue weighted by Gasteiger charge is -2.14. The summed E-state index contributed by atoms with van der Waals surface area (Å²) in [6.45, 7) is 3.38. The molecule has 0 spiro atoms. The Hall–Kier alpha value is 0.170. The van der Waals surface area contributed by atoms with Crippen molar-refractivity contribution in [3.05, 3.63) is 0 Å². The molecule has 0 aliphatic rings. The lowest BCUT2D eigenvalue weighted by atomic mass is 10.3. The van der Waals surface area contributed by atoms with E-state index in [0.717, 1.165) is 0 Å². The quantitative estimate of drug-likeness (QED) is 0.600. The molecule has 12 heavy (non-hydrogen) atoms. The minimum absolute atomic E-state index is 0.0169. The Morgan fingerprint density at radius 2 is 1.42 bits per heavy atom. The molecule has 0 rings (SSSR count). The summed E-state index contributed by atoms with van der Waals surface area (Å²) < 4.78 is 36.3. The molecule has 0 saturated carbocycles. The van der Waals surface area contributed by atoms with E-state index < -0.39 is 23.5 Å². The molecule has 0 aromatic heterocycles. The van der Waals surface area contributed by atoms with Crippen molar-refractivity contribution < 1.29 is 13.3 Å². The van der Waals surface area contributed by atoms with Crippen molar-refractivity contribution >= 4 is 11.2 Å². The summed E-state index contributed by atoms with van der Waals surface area (Å²) in [7, 11) is 0. The largest absolute Gasteiger partial charge is 0.616 e. The molecule has 0 aliphatic carbocycles. The van der Waals surface area contributed by atoms with Gasteiger partial charge in [0.1, 0.15) is 23.8 Å². The smallest absolute Gasteiger partial charge is 0.144 e. The SMILES string of the molecule is CCC(F)C[S+]([O-])CC(F)CC. The second-order valence-electron chi connectivity index (χ2n) is 2.78. The number of hydrogen-bond acceptors (Lipinski definition) is 1. The second-order valence-corrected chi connectivity index (χ2v) is 4.33. The molecule has 2 unspecified atom stereocenters. The van der Waals surface area contributed by atoms with Gasteiger partial charge in [0.15, 0.2) is 0 Å². The Morgan fingerprint density at radius 1 is 1.08 bits per heavy atom. The molecule has 0 saturated heterocycles. The van der Waals surface area contributed by atoms with E-state index in [-0.39, 0.29) is 11.5 Å². The van der Waals surface area contributed by atoms with Crippen molar-refractivity contribution in [1.29, 1.82) is 0 Å². The maximum absolute atomic E-state index is 12.6. The Labute approximate surface area is 75.7 Å². The monoisotopic (exact) mass is 198 g/mol. The summed E-state index contributed by atoms with van der Waals surface area (Å²) in [4.78, 5) is 0. The molecule has 0 aromatic rings. The Morgan fingerprint density at radius 3 is 1.67 bits per heavy atom. The number of alkyl halides is 2. The van der Waals surface area contributed by atoms with Crippen molar-refractivity contribution in [2.45, 2.75) is 39.0 Å². The zero-order valence-corrected chi connectivity index (χ0v) is 8.37. The molecule has 1 nitrogen and oxygen atoms in total. The average molecular weight is 198 g/mol. The van der Waals surface area contributed by atoms with Crippen molar-refractivity contribution in [3.63, 3.8) is 0 Å². The van der Waals surface area contributed by atoms with E-state index in [1.54, 1.807) is 13.8 Å². The van der Waals surface area contributed by atoms with Gasteiger partial charge in [-0.15, -0.1) is 0 Å². The minimum Gasteiger partial charge on any atom is -0.616 e. The predicted octanol–water partition coefficient (Wildman–Crippen LogP) is 2.23. The highest BCUT2D eigenvalue weighted by atomic mass is 32.2. The van der Waals surface area contributed by atoms with Crippen LogP contribution in [-0.4, -0.2) is 28.4 Å². The summed E-state index contributed by atoms with van der Waals surface area (Å²) in [5.41, 5.74) is 0. The molecule has 0 fully saturated rings. The van der Waals surface area contributed by atoms with E-state index in [1.807, 2.05) is 0 Å². The molecule has 74 valence electrons. The van der Waals surface area contributed by atoms with Crippen molar-refractivity contribution in [3.8, 4) is 0 Å². The van der Waals surface area contributed by atoms with Gasteiger partial charge in [-0.3, -0.25) is 0 Å². The molecular formula is C8H16F2OS. The van der Waals surface area contributed by atoms with Crippen LogP contribution >= 0.6 is 0 Å². The number of halogens is 2. The topological polar surface area (TPSA) is 23.1 Å². The first-order chi connectivity index (χ1) is 5.60. The van der Waals surface area contributed by atoms with Gasteiger partial charge in [-0.25, -0.2) is 8.78 Å². The van der Waals surface area contributed by atoms with Crippen LogP contribution in [0, 0.1) is 0 Å². The van der Waals surface area contributed by atoms with Gasteiger partial charge in [-0.1, -0.05) is 13.8 Å². The molecule has 0 amide bonds. The van der Waals surface area contributed by atoms with Crippen LogP contribution in [0.25, 0.3) is 0 Å². The zero-order chi connectivity index (χ0) is 9.56. The molecule has 2 atom stereocenters. The van der Waals surface area contributed by atoms with Gasteiger partial charge in [0.2, 0.25) is 0 Å². The summed E-state index contributed by atoms with van der Waals surface area (Å²) >= 11 is -1.33. The average Bonchev–Trinajstić information content (AvgIpc) is 2.03. The number of hydrogen-bond donors (Lipinski definition) is 0. The van der Waals surface area contributed by atoms with Crippen molar-refractivity contribution in [2.24, 2.45) is 0 Å². The lowest BCUT2D eigenvalue weighted by molar-refractivity contribution is 0.341. The van der Waals surface area contributed by atoms with Crippen LogP contribution in [0.15, 0.2) is 0 Å². The van der Waals surface area contributed by atoms with E-state index >= 15 is 0 Å². The minimum atomic E-state index is -1.33. The summed E-state index contributed by atoms with van der Waals surface area (Å²) in [6, 6.07) is 0. The van der Waals surface area contributed by atoms with Gasteiger partial charge >= 0.3 is 0 Å². The van der Waals surface area contributed by atoms with Gasteiger partial charge in [-0.05, 0) is 24.0 Å². The Balaban J connectivity index is 3.51. The third-order valence-electron chi connectivity index (χ3n) is 1.62. The van der Waals surface area contributed by atoms with Crippen LogP contribution in [0.2, 0.25) is 0 Å². The summed E-state index contributed by atoms with van der Waals surface area (Å²) in [5.74, 6) is -0.0339. The van der Waals surface area contributed by atoms with Gasteiger partial charge in [0.25, 0.3) is 0 Å². The molecule has 0 aromatic carbocycles. The third-order valence-corrected chi connectivity index (χ3v) is 3.09. The van der Waals surface area contributed by atoms with E-state index in [9.17, 15) is 13.3 Å². The van der Waals surface area contributed by atoms with E-state index in [0.29, 0.717) is 12.8 Å². The first-order valence-corrected chi connectivity index (χ1v) is 5.72. The van der Waals surface area contributed by atoms with Crippen LogP contribution in [0.1, 0.15) is 26.7 Å². The molecular weight excluding hydrogens is 182 g/mol. The molecule has 0 radical (unpaired) electrons. The fourth-order valence-electron chi connectivity index (χ4n) is 0.707.